The van der Waals surface area contributed by atoms with Gasteiger partial charge in [-0.05, 0) is 149 Å². The van der Waals surface area contributed by atoms with Crippen LogP contribution in [0.1, 0.15) is 43.2 Å². The topological polar surface area (TPSA) is 16.4 Å². The highest BCUT2D eigenvalue weighted by Gasteiger charge is 2.76. The van der Waals surface area contributed by atoms with Crippen molar-refractivity contribution in [1.29, 1.82) is 0 Å². The zero-order valence-corrected chi connectivity index (χ0v) is 31.9. The van der Waals surface area contributed by atoms with E-state index in [-0.39, 0.29) is 5.41 Å². The lowest BCUT2D eigenvalue weighted by Gasteiger charge is -2.54. The van der Waals surface area contributed by atoms with Crippen molar-refractivity contribution in [2.24, 2.45) is 29.1 Å². The Kier molecular flexibility index (Phi) is 5.78. The molecular formula is C53H39NOS. The summed E-state index contributed by atoms with van der Waals surface area (Å²) in [5.74, 6) is 3.57. The fourth-order valence-electron chi connectivity index (χ4n) is 13.6. The fraction of sp³-hybridized carbons (Fsp3) is 0.208. The minimum Gasteiger partial charge on any atom is -0.456 e. The van der Waals surface area contributed by atoms with Gasteiger partial charge in [-0.1, -0.05) is 91.0 Å². The van der Waals surface area contributed by atoms with Gasteiger partial charge in [-0.2, -0.15) is 0 Å². The molecule has 9 aromatic rings. The molecule has 2 heterocycles. The summed E-state index contributed by atoms with van der Waals surface area (Å²) in [5, 5.41) is 4.92. The van der Waals surface area contributed by atoms with E-state index in [1.165, 1.54) is 74.5 Å². The number of hydrogen-bond donors (Lipinski definition) is 0. The molecule has 56 heavy (non-hydrogen) atoms. The quantitative estimate of drug-likeness (QED) is 0.179. The summed E-state index contributed by atoms with van der Waals surface area (Å²) in [6.07, 6.45) is 7.36. The van der Waals surface area contributed by atoms with Gasteiger partial charge in [0.2, 0.25) is 0 Å². The number of nitrogens with zero attached hydrogens (tertiary/aromatic N) is 1. The predicted octanol–water partition coefficient (Wildman–Crippen LogP) is 14.8. The van der Waals surface area contributed by atoms with Crippen molar-refractivity contribution in [3.8, 4) is 22.3 Å². The average molecular weight is 738 g/mol. The maximum absolute atomic E-state index is 6.42. The summed E-state index contributed by atoms with van der Waals surface area (Å²) in [4.78, 5) is 2.39. The molecule has 4 fully saturated rings. The van der Waals surface area contributed by atoms with Crippen LogP contribution in [0.3, 0.4) is 0 Å². The van der Waals surface area contributed by atoms with Crippen molar-refractivity contribution in [2.45, 2.75) is 37.5 Å². The van der Waals surface area contributed by atoms with Crippen molar-refractivity contribution in [2.75, 3.05) is 4.90 Å². The standard InChI is InChI=1S/C53H39NOS/c1-4-10-45-39(7-1)44-25-33(15-22-46(44)53(45)35-24-31-23-34-26-51(53)52(34,29-31)30-35)32-13-16-36(17-14-32)54(37-18-20-41-40-8-2-5-11-47(40)55-48(41)27-37)38-19-21-43-42-9-3-6-12-49(42)56-50(43)28-38/h1-22,25,27-28,31,34-35,51H,23-24,26,29-30H2. The minimum atomic E-state index is 0.219. The first-order chi connectivity index (χ1) is 27.7. The molecule has 268 valence electrons. The number of thiophene rings is 1. The molecule has 2 aromatic heterocycles. The van der Waals surface area contributed by atoms with E-state index >= 15 is 0 Å². The van der Waals surface area contributed by atoms with Crippen LogP contribution in [0.25, 0.3) is 64.4 Å². The Morgan fingerprint density at radius 2 is 1.20 bits per heavy atom. The third kappa shape index (κ3) is 3.74. The number of fused-ring (bicyclic) bond motifs is 15. The largest absolute Gasteiger partial charge is 0.456 e. The first-order valence-electron chi connectivity index (χ1n) is 20.6. The molecule has 5 aliphatic carbocycles. The second kappa shape index (κ2) is 10.6. The second-order valence-electron chi connectivity index (χ2n) is 17.8. The Hall–Kier alpha value is -5.64. The predicted molar refractivity (Wildman–Crippen MR) is 232 cm³/mol. The lowest BCUT2D eigenvalue weighted by atomic mass is 9.49. The van der Waals surface area contributed by atoms with Crippen LogP contribution in [0.2, 0.25) is 0 Å². The summed E-state index contributed by atoms with van der Waals surface area (Å²) in [6, 6.07) is 57.0. The molecule has 5 aliphatic rings. The molecule has 4 saturated carbocycles. The molecule has 0 aliphatic heterocycles. The lowest BCUT2D eigenvalue weighted by molar-refractivity contribution is -0.0193. The van der Waals surface area contributed by atoms with Crippen LogP contribution in [-0.4, -0.2) is 0 Å². The minimum absolute atomic E-state index is 0.219. The molecule has 3 bridgehead atoms. The molecule has 2 nitrogen and oxygen atoms in total. The number of hydrogen-bond acceptors (Lipinski definition) is 3. The number of furan rings is 1. The highest BCUT2D eigenvalue weighted by atomic mass is 32.1. The maximum Gasteiger partial charge on any atom is 0.137 e. The Morgan fingerprint density at radius 1 is 0.500 bits per heavy atom. The van der Waals surface area contributed by atoms with Crippen LogP contribution >= 0.6 is 11.3 Å². The van der Waals surface area contributed by atoms with E-state index in [1.54, 1.807) is 11.1 Å². The van der Waals surface area contributed by atoms with Gasteiger partial charge in [0.1, 0.15) is 11.2 Å². The van der Waals surface area contributed by atoms with Crippen LogP contribution in [0.4, 0.5) is 17.1 Å². The van der Waals surface area contributed by atoms with Gasteiger partial charge < -0.3 is 9.32 Å². The summed E-state index contributed by atoms with van der Waals surface area (Å²) < 4.78 is 9.03. The number of anilines is 3. The molecule has 6 atom stereocenters. The van der Waals surface area contributed by atoms with E-state index in [0.29, 0.717) is 5.41 Å². The third-order valence-corrected chi connectivity index (χ3v) is 16.7. The smallest absolute Gasteiger partial charge is 0.137 e. The molecule has 2 spiro atoms. The second-order valence-corrected chi connectivity index (χ2v) is 18.9. The normalized spacial score (nSPS) is 26.4. The summed E-state index contributed by atoms with van der Waals surface area (Å²) in [6.45, 7) is 0. The molecule has 0 amide bonds. The van der Waals surface area contributed by atoms with Gasteiger partial charge in [0.05, 0.1) is 0 Å². The van der Waals surface area contributed by atoms with E-state index in [0.717, 1.165) is 62.7 Å². The van der Waals surface area contributed by atoms with E-state index < -0.39 is 0 Å². The molecule has 0 radical (unpaired) electrons. The molecular weight excluding hydrogens is 699 g/mol. The third-order valence-electron chi connectivity index (χ3n) is 15.6. The monoisotopic (exact) mass is 737 g/mol. The summed E-state index contributed by atoms with van der Waals surface area (Å²) in [7, 11) is 0. The van der Waals surface area contributed by atoms with Crippen LogP contribution < -0.4 is 4.90 Å². The molecule has 0 N–H and O–H groups in total. The number of benzene rings is 7. The first-order valence-corrected chi connectivity index (χ1v) is 21.4. The Morgan fingerprint density at radius 3 is 2.12 bits per heavy atom. The van der Waals surface area contributed by atoms with Gasteiger partial charge in [0.25, 0.3) is 0 Å². The van der Waals surface area contributed by atoms with E-state index in [9.17, 15) is 0 Å². The van der Waals surface area contributed by atoms with Gasteiger partial charge in [-0.15, -0.1) is 11.3 Å². The Bertz CT molecular complexity index is 3020. The van der Waals surface area contributed by atoms with Gasteiger partial charge in [-0.25, -0.2) is 0 Å². The zero-order valence-electron chi connectivity index (χ0n) is 31.0. The molecule has 3 heteroatoms. The van der Waals surface area contributed by atoms with Crippen LogP contribution in [0.15, 0.2) is 156 Å². The van der Waals surface area contributed by atoms with E-state index in [1.807, 2.05) is 17.4 Å². The molecule has 14 rings (SSSR count). The molecule has 6 unspecified atom stereocenters. The zero-order chi connectivity index (χ0) is 36.3. The van der Waals surface area contributed by atoms with Gasteiger partial charge in [-0.3, -0.25) is 0 Å². The molecule has 0 saturated heterocycles. The van der Waals surface area contributed by atoms with Crippen LogP contribution in [0.5, 0.6) is 0 Å². The van der Waals surface area contributed by atoms with E-state index in [2.05, 4.69) is 150 Å². The van der Waals surface area contributed by atoms with Crippen molar-refractivity contribution < 1.29 is 4.42 Å². The van der Waals surface area contributed by atoms with Gasteiger partial charge >= 0.3 is 0 Å². The van der Waals surface area contributed by atoms with Crippen molar-refractivity contribution in [1.82, 2.24) is 0 Å². The Balaban J connectivity index is 0.887. The highest BCUT2D eigenvalue weighted by molar-refractivity contribution is 7.25. The van der Waals surface area contributed by atoms with Crippen molar-refractivity contribution >= 4 is 70.5 Å². The number of rotatable bonds is 4. The SMILES string of the molecule is c1ccc2c(c1)-c1cc(-c3ccc(N(c4ccc5c(c4)oc4ccccc45)c4ccc5c(c4)sc4ccccc45)cc3)ccc1C21C2CC3CC4CC1C4(C3)C2. The van der Waals surface area contributed by atoms with Crippen LogP contribution in [-0.2, 0) is 5.41 Å². The number of para-hydroxylation sites is 1. The van der Waals surface area contributed by atoms with Crippen molar-refractivity contribution in [3.63, 3.8) is 0 Å². The summed E-state index contributed by atoms with van der Waals surface area (Å²) in [5.41, 5.74) is 14.8. The fourth-order valence-corrected chi connectivity index (χ4v) is 14.8. The van der Waals surface area contributed by atoms with Crippen LogP contribution in [0, 0.1) is 29.1 Å². The average Bonchev–Trinajstić information content (AvgIpc) is 3.97. The maximum atomic E-state index is 6.42. The van der Waals surface area contributed by atoms with E-state index in [4.69, 9.17) is 4.42 Å². The Labute approximate surface area is 330 Å². The van der Waals surface area contributed by atoms with Crippen molar-refractivity contribution in [3.05, 3.63) is 163 Å². The first kappa shape index (κ1) is 30.6. The highest BCUT2D eigenvalue weighted by Crippen LogP contribution is 2.83. The van der Waals surface area contributed by atoms with Gasteiger partial charge in [0.15, 0.2) is 0 Å². The van der Waals surface area contributed by atoms with Gasteiger partial charge in [0, 0.05) is 59.5 Å². The lowest BCUT2D eigenvalue weighted by Crippen LogP contribution is -2.50. The summed E-state index contributed by atoms with van der Waals surface area (Å²) >= 11 is 1.87. The molecule has 7 aromatic carbocycles.